The van der Waals surface area contributed by atoms with Gasteiger partial charge in [-0.1, -0.05) is 52.5 Å². The molecule has 0 aliphatic carbocycles. The van der Waals surface area contributed by atoms with Crippen molar-refractivity contribution in [1.29, 1.82) is 0 Å². The third-order valence-electron chi connectivity index (χ3n) is 1.97. The van der Waals surface area contributed by atoms with Crippen LogP contribution in [0.2, 0.25) is 20.1 Å². The molecule has 0 amide bonds. The number of halogens is 4. The summed E-state index contributed by atoms with van der Waals surface area (Å²) < 4.78 is 0. The van der Waals surface area contributed by atoms with E-state index >= 15 is 0 Å². The molecule has 0 aliphatic heterocycles. The van der Waals surface area contributed by atoms with Gasteiger partial charge < -0.3 is 0 Å². The SMILES string of the molecule is Clc1ccc2c(Cl)ccc(Cl)c2c1Cl. The summed E-state index contributed by atoms with van der Waals surface area (Å²) in [5.74, 6) is 0. The molecule has 0 nitrogen and oxygen atoms in total. The molecule has 0 saturated heterocycles. The van der Waals surface area contributed by atoms with Gasteiger partial charge in [-0.2, -0.15) is 0 Å². The van der Waals surface area contributed by atoms with Crippen molar-refractivity contribution < 1.29 is 0 Å². The lowest BCUT2D eigenvalue weighted by Gasteiger charge is -2.06. The Bertz CT molecular complexity index is 505. The minimum absolute atomic E-state index is 0.441. The maximum atomic E-state index is 6.03. The molecule has 0 bridgehead atoms. The highest BCUT2D eigenvalue weighted by atomic mass is 35.5. The molecule has 2 rings (SSSR count). The Morgan fingerprint density at radius 2 is 1.21 bits per heavy atom. The first kappa shape index (κ1) is 10.4. The Morgan fingerprint density at radius 1 is 0.643 bits per heavy atom. The molecule has 0 fully saturated rings. The zero-order chi connectivity index (χ0) is 10.3. The molecule has 0 unspecified atom stereocenters. The van der Waals surface area contributed by atoms with Gasteiger partial charge in [0, 0.05) is 15.8 Å². The van der Waals surface area contributed by atoms with Crippen LogP contribution < -0.4 is 0 Å². The molecule has 0 spiro atoms. The number of fused-ring (bicyclic) bond motifs is 1. The van der Waals surface area contributed by atoms with Crippen LogP contribution in [0.15, 0.2) is 24.3 Å². The van der Waals surface area contributed by atoms with Crippen molar-refractivity contribution in [2.24, 2.45) is 0 Å². The van der Waals surface area contributed by atoms with E-state index in [-0.39, 0.29) is 0 Å². The molecule has 0 radical (unpaired) electrons. The summed E-state index contributed by atoms with van der Waals surface area (Å²) >= 11 is 23.9. The van der Waals surface area contributed by atoms with Crippen molar-refractivity contribution in [3.63, 3.8) is 0 Å². The standard InChI is InChI=1S/C10H4Cl4/c11-6-3-4-7(12)9-5(6)1-2-8(13)10(9)14/h1-4H. The summed E-state index contributed by atoms with van der Waals surface area (Å²) in [5.41, 5.74) is 0. The maximum absolute atomic E-state index is 6.03. The van der Waals surface area contributed by atoms with E-state index in [9.17, 15) is 0 Å². The van der Waals surface area contributed by atoms with E-state index in [1.54, 1.807) is 24.3 Å². The highest BCUT2D eigenvalue weighted by Gasteiger charge is 2.09. The Kier molecular flexibility index (Phi) is 2.81. The first-order valence-corrected chi connectivity index (χ1v) is 5.34. The molecular formula is C10H4Cl4. The van der Waals surface area contributed by atoms with Gasteiger partial charge in [-0.15, -0.1) is 0 Å². The second-order valence-corrected chi connectivity index (χ2v) is 4.41. The zero-order valence-electron chi connectivity index (χ0n) is 6.82. The van der Waals surface area contributed by atoms with Gasteiger partial charge in [0.2, 0.25) is 0 Å². The molecule has 2 aromatic rings. The van der Waals surface area contributed by atoms with Gasteiger partial charge in [-0.3, -0.25) is 0 Å². The van der Waals surface area contributed by atoms with Crippen molar-refractivity contribution in [1.82, 2.24) is 0 Å². The van der Waals surface area contributed by atoms with Crippen LogP contribution in [0.5, 0.6) is 0 Å². The zero-order valence-corrected chi connectivity index (χ0v) is 9.84. The van der Waals surface area contributed by atoms with Gasteiger partial charge in [0.1, 0.15) is 0 Å². The van der Waals surface area contributed by atoms with Crippen LogP contribution in [0.4, 0.5) is 0 Å². The minimum atomic E-state index is 0.441. The third-order valence-corrected chi connectivity index (χ3v) is 3.42. The highest BCUT2D eigenvalue weighted by Crippen LogP contribution is 2.38. The Labute approximate surface area is 101 Å². The maximum Gasteiger partial charge on any atom is 0.0686 e. The van der Waals surface area contributed by atoms with Crippen LogP contribution in [-0.4, -0.2) is 0 Å². The predicted molar refractivity (Wildman–Crippen MR) is 64.0 cm³/mol. The molecule has 0 heterocycles. The predicted octanol–water partition coefficient (Wildman–Crippen LogP) is 5.45. The summed E-state index contributed by atoms with van der Waals surface area (Å²) in [6.07, 6.45) is 0. The lowest BCUT2D eigenvalue weighted by molar-refractivity contribution is 1.74. The fraction of sp³-hybridized carbons (Fsp3) is 0. The van der Waals surface area contributed by atoms with Crippen LogP contribution >= 0.6 is 46.4 Å². The minimum Gasteiger partial charge on any atom is -0.0837 e. The summed E-state index contributed by atoms with van der Waals surface area (Å²) in [4.78, 5) is 0. The van der Waals surface area contributed by atoms with Gasteiger partial charge in [-0.25, -0.2) is 0 Å². The quantitative estimate of drug-likeness (QED) is 0.594. The summed E-state index contributed by atoms with van der Waals surface area (Å²) in [6.45, 7) is 0. The van der Waals surface area contributed by atoms with Crippen molar-refractivity contribution in [2.75, 3.05) is 0 Å². The number of hydrogen-bond donors (Lipinski definition) is 0. The molecular weight excluding hydrogens is 262 g/mol. The molecule has 0 N–H and O–H groups in total. The molecule has 0 saturated carbocycles. The van der Waals surface area contributed by atoms with Crippen LogP contribution in [-0.2, 0) is 0 Å². The molecule has 2 aromatic carbocycles. The average molecular weight is 266 g/mol. The lowest BCUT2D eigenvalue weighted by Crippen LogP contribution is -1.79. The average Bonchev–Trinajstić information content (AvgIpc) is 2.16. The number of benzene rings is 2. The normalized spacial score (nSPS) is 10.9. The smallest absolute Gasteiger partial charge is 0.0686 e. The number of hydrogen-bond acceptors (Lipinski definition) is 0. The topological polar surface area (TPSA) is 0 Å². The molecule has 0 aromatic heterocycles. The van der Waals surface area contributed by atoms with Crippen LogP contribution in [0, 0.1) is 0 Å². The van der Waals surface area contributed by atoms with Crippen LogP contribution in [0.1, 0.15) is 0 Å². The van der Waals surface area contributed by atoms with Gasteiger partial charge in [0.05, 0.1) is 15.1 Å². The molecule has 0 aliphatic rings. The van der Waals surface area contributed by atoms with Gasteiger partial charge >= 0.3 is 0 Å². The third kappa shape index (κ3) is 1.57. The first-order chi connectivity index (χ1) is 6.61. The van der Waals surface area contributed by atoms with E-state index in [0.717, 1.165) is 5.39 Å². The van der Waals surface area contributed by atoms with Crippen molar-refractivity contribution >= 4 is 57.2 Å². The van der Waals surface area contributed by atoms with E-state index in [1.165, 1.54) is 0 Å². The van der Waals surface area contributed by atoms with E-state index < -0.39 is 0 Å². The summed E-state index contributed by atoms with van der Waals surface area (Å²) in [7, 11) is 0. The summed E-state index contributed by atoms with van der Waals surface area (Å²) in [6, 6.07) is 6.94. The molecule has 72 valence electrons. The molecule has 14 heavy (non-hydrogen) atoms. The van der Waals surface area contributed by atoms with E-state index in [4.69, 9.17) is 46.4 Å². The fourth-order valence-corrected chi connectivity index (χ4v) is 2.25. The van der Waals surface area contributed by atoms with E-state index in [0.29, 0.717) is 25.5 Å². The monoisotopic (exact) mass is 264 g/mol. The van der Waals surface area contributed by atoms with Gasteiger partial charge in [0.25, 0.3) is 0 Å². The van der Waals surface area contributed by atoms with E-state index in [1.807, 2.05) is 0 Å². The van der Waals surface area contributed by atoms with Crippen molar-refractivity contribution in [3.05, 3.63) is 44.4 Å². The van der Waals surface area contributed by atoms with Crippen molar-refractivity contribution in [2.45, 2.75) is 0 Å². The molecule has 4 heteroatoms. The Balaban J connectivity index is 3.01. The van der Waals surface area contributed by atoms with Gasteiger partial charge in [0.15, 0.2) is 0 Å². The lowest BCUT2D eigenvalue weighted by atomic mass is 10.1. The summed E-state index contributed by atoms with van der Waals surface area (Å²) in [5, 5.41) is 3.60. The number of rotatable bonds is 0. The second-order valence-electron chi connectivity index (χ2n) is 2.81. The molecule has 0 atom stereocenters. The van der Waals surface area contributed by atoms with Gasteiger partial charge in [-0.05, 0) is 18.2 Å². The van der Waals surface area contributed by atoms with Crippen LogP contribution in [0.25, 0.3) is 10.8 Å². The largest absolute Gasteiger partial charge is 0.0837 e. The highest BCUT2D eigenvalue weighted by molar-refractivity contribution is 6.49. The second kappa shape index (κ2) is 3.79. The Hall–Kier alpha value is -0.140. The fourth-order valence-electron chi connectivity index (χ4n) is 1.30. The van der Waals surface area contributed by atoms with Crippen LogP contribution in [0.3, 0.4) is 0 Å². The van der Waals surface area contributed by atoms with Crippen molar-refractivity contribution in [3.8, 4) is 0 Å². The van der Waals surface area contributed by atoms with E-state index in [2.05, 4.69) is 0 Å². The first-order valence-electron chi connectivity index (χ1n) is 3.83. The Morgan fingerprint density at radius 3 is 1.93 bits per heavy atom.